The van der Waals surface area contributed by atoms with E-state index in [0.29, 0.717) is 23.7 Å². The van der Waals surface area contributed by atoms with E-state index in [1.54, 1.807) is 12.1 Å². The van der Waals surface area contributed by atoms with Crippen molar-refractivity contribution in [1.29, 1.82) is 5.26 Å². The molecule has 1 aliphatic heterocycles. The summed E-state index contributed by atoms with van der Waals surface area (Å²) in [5, 5.41) is 19.3. The average molecular weight is 251 g/mol. The lowest BCUT2D eigenvalue weighted by molar-refractivity contribution is 0.00340. The maximum atomic E-state index is 10.1. The summed E-state index contributed by atoms with van der Waals surface area (Å²) in [4.78, 5) is 2.07. The van der Waals surface area contributed by atoms with Gasteiger partial charge in [-0.2, -0.15) is 5.26 Å². The largest absolute Gasteiger partial charge is 0.386 e. The molecule has 0 radical (unpaired) electrons. The molecule has 0 amide bonds. The molecule has 0 bridgehead atoms. The quantitative estimate of drug-likeness (QED) is 0.897. The van der Waals surface area contributed by atoms with Crippen LogP contribution in [0.4, 0.5) is 5.69 Å². The van der Waals surface area contributed by atoms with Gasteiger partial charge in [-0.25, -0.2) is 0 Å². The van der Waals surface area contributed by atoms with Crippen molar-refractivity contribution in [2.24, 2.45) is 0 Å². The van der Waals surface area contributed by atoms with Gasteiger partial charge in [0.15, 0.2) is 0 Å². The second-order valence-electron chi connectivity index (χ2n) is 4.61. The van der Waals surface area contributed by atoms with E-state index in [1.165, 1.54) is 0 Å². The van der Waals surface area contributed by atoms with Gasteiger partial charge >= 0.3 is 0 Å². The van der Waals surface area contributed by atoms with E-state index in [2.05, 4.69) is 11.8 Å². The number of β-amino-alcohol motifs (C(OH)–C–C–N with tert-alkyl or cyclic N) is 1. The van der Waals surface area contributed by atoms with Crippen LogP contribution in [0.15, 0.2) is 18.2 Å². The van der Waals surface area contributed by atoms with Gasteiger partial charge in [0.1, 0.15) is 6.07 Å². The van der Waals surface area contributed by atoms with Crippen LogP contribution in [-0.2, 0) is 0 Å². The molecule has 0 aromatic heterocycles. The second kappa shape index (κ2) is 4.56. The van der Waals surface area contributed by atoms with Crippen LogP contribution in [-0.4, -0.2) is 23.8 Å². The first-order valence-electron chi connectivity index (χ1n) is 5.75. The Morgan fingerprint density at radius 3 is 2.76 bits per heavy atom. The number of hydrogen-bond acceptors (Lipinski definition) is 3. The number of benzene rings is 1. The maximum Gasteiger partial charge on any atom is 0.101 e. The first-order chi connectivity index (χ1) is 8.08. The van der Waals surface area contributed by atoms with E-state index in [0.717, 1.165) is 18.5 Å². The molecule has 3 nitrogen and oxygen atoms in total. The highest BCUT2D eigenvalue weighted by molar-refractivity contribution is 6.32. The molecule has 0 atom stereocenters. The Labute approximate surface area is 106 Å². The minimum absolute atomic E-state index is 0.468. The van der Waals surface area contributed by atoms with Gasteiger partial charge in [0.25, 0.3) is 0 Å². The normalized spacial score (nSPS) is 17.4. The van der Waals surface area contributed by atoms with Gasteiger partial charge < -0.3 is 10.0 Å². The van der Waals surface area contributed by atoms with Crippen molar-refractivity contribution in [1.82, 2.24) is 0 Å². The van der Waals surface area contributed by atoms with Gasteiger partial charge in [-0.3, -0.25) is 0 Å². The van der Waals surface area contributed by atoms with Gasteiger partial charge in [0, 0.05) is 18.8 Å². The second-order valence-corrected chi connectivity index (χ2v) is 5.01. The molecule has 0 spiro atoms. The van der Waals surface area contributed by atoms with Crippen LogP contribution in [0.3, 0.4) is 0 Å². The smallest absolute Gasteiger partial charge is 0.101 e. The van der Waals surface area contributed by atoms with E-state index in [1.807, 2.05) is 12.1 Å². The first-order valence-corrected chi connectivity index (χ1v) is 6.13. The Morgan fingerprint density at radius 2 is 2.24 bits per heavy atom. The summed E-state index contributed by atoms with van der Waals surface area (Å²) in [6.07, 6.45) is 1.81. The predicted octanol–water partition coefficient (Wildman–Crippen LogP) is 2.56. The monoisotopic (exact) mass is 250 g/mol. The van der Waals surface area contributed by atoms with Crippen molar-refractivity contribution < 1.29 is 5.11 Å². The van der Waals surface area contributed by atoms with E-state index in [4.69, 9.17) is 16.9 Å². The van der Waals surface area contributed by atoms with Crippen LogP contribution in [0.25, 0.3) is 0 Å². The Kier molecular flexibility index (Phi) is 3.28. The molecule has 4 heteroatoms. The molecule has 0 aliphatic carbocycles. The van der Waals surface area contributed by atoms with Gasteiger partial charge in [-0.1, -0.05) is 24.9 Å². The fourth-order valence-electron chi connectivity index (χ4n) is 2.26. The Bertz CT molecular complexity index is 461. The molecule has 0 unspecified atom stereocenters. The molecule has 1 aromatic rings. The molecule has 1 heterocycles. The molecular formula is C13H15ClN2O. The lowest BCUT2D eigenvalue weighted by Gasteiger charge is -2.48. The highest BCUT2D eigenvalue weighted by Crippen LogP contribution is 2.32. The zero-order valence-corrected chi connectivity index (χ0v) is 10.5. The van der Waals surface area contributed by atoms with Crippen molar-refractivity contribution in [2.75, 3.05) is 18.0 Å². The highest BCUT2D eigenvalue weighted by atomic mass is 35.5. The topological polar surface area (TPSA) is 47.3 Å². The minimum atomic E-state index is -0.547. The first kappa shape index (κ1) is 12.2. The number of nitriles is 1. The third-order valence-corrected chi connectivity index (χ3v) is 3.44. The fourth-order valence-corrected chi connectivity index (χ4v) is 2.48. The van der Waals surface area contributed by atoms with E-state index >= 15 is 0 Å². The zero-order chi connectivity index (χ0) is 12.5. The summed E-state index contributed by atoms with van der Waals surface area (Å²) in [5.74, 6) is 0. The highest BCUT2D eigenvalue weighted by Gasteiger charge is 2.40. The van der Waals surface area contributed by atoms with Gasteiger partial charge in [-0.15, -0.1) is 0 Å². The Balaban J connectivity index is 2.07. The van der Waals surface area contributed by atoms with Crippen molar-refractivity contribution in [3.63, 3.8) is 0 Å². The van der Waals surface area contributed by atoms with E-state index in [9.17, 15) is 5.11 Å². The van der Waals surface area contributed by atoms with Crippen LogP contribution >= 0.6 is 11.6 Å². The van der Waals surface area contributed by atoms with Crippen LogP contribution in [0.1, 0.15) is 25.3 Å². The molecule has 0 saturated carbocycles. The maximum absolute atomic E-state index is 10.1. The lowest BCUT2D eigenvalue weighted by Crippen LogP contribution is -2.61. The van der Waals surface area contributed by atoms with Crippen LogP contribution in [0.5, 0.6) is 0 Å². The average Bonchev–Trinajstić information content (AvgIpc) is 2.26. The number of anilines is 1. The zero-order valence-electron chi connectivity index (χ0n) is 9.78. The van der Waals surface area contributed by atoms with Crippen LogP contribution in [0, 0.1) is 11.3 Å². The molecule has 2 rings (SSSR count). The number of halogens is 1. The van der Waals surface area contributed by atoms with Crippen LogP contribution in [0.2, 0.25) is 5.02 Å². The van der Waals surface area contributed by atoms with Crippen LogP contribution < -0.4 is 4.90 Å². The van der Waals surface area contributed by atoms with Crippen molar-refractivity contribution >= 4 is 17.3 Å². The number of hydrogen-bond donors (Lipinski definition) is 1. The summed E-state index contributed by atoms with van der Waals surface area (Å²) in [6.45, 7) is 3.35. The number of rotatable bonds is 3. The Hall–Kier alpha value is -1.24. The van der Waals surface area contributed by atoms with Gasteiger partial charge in [-0.05, 0) is 24.6 Å². The summed E-state index contributed by atoms with van der Waals surface area (Å²) < 4.78 is 0. The summed E-state index contributed by atoms with van der Waals surface area (Å²) >= 11 is 5.98. The fraction of sp³-hybridized carbons (Fsp3) is 0.462. The van der Waals surface area contributed by atoms with Crippen molar-refractivity contribution in [2.45, 2.75) is 25.4 Å². The van der Waals surface area contributed by atoms with Crippen molar-refractivity contribution in [3.05, 3.63) is 28.8 Å². The molecule has 1 saturated heterocycles. The molecule has 1 aliphatic rings. The lowest BCUT2D eigenvalue weighted by atomic mass is 9.89. The summed E-state index contributed by atoms with van der Waals surface area (Å²) in [7, 11) is 0. The minimum Gasteiger partial charge on any atom is -0.386 e. The predicted molar refractivity (Wildman–Crippen MR) is 68.2 cm³/mol. The van der Waals surface area contributed by atoms with Crippen molar-refractivity contribution in [3.8, 4) is 6.07 Å². The molecule has 1 N–H and O–H groups in total. The number of nitrogens with zero attached hydrogens (tertiary/aromatic N) is 2. The third-order valence-electron chi connectivity index (χ3n) is 3.12. The molecular weight excluding hydrogens is 236 g/mol. The third kappa shape index (κ3) is 2.38. The van der Waals surface area contributed by atoms with Gasteiger partial charge in [0.05, 0.1) is 16.2 Å². The van der Waals surface area contributed by atoms with E-state index in [-0.39, 0.29) is 0 Å². The van der Waals surface area contributed by atoms with Gasteiger partial charge in [0.2, 0.25) is 0 Å². The SMILES string of the molecule is CCCC1(O)CN(c2ccc(C#N)c(Cl)c2)C1. The standard InChI is InChI=1S/C13H15ClN2O/c1-2-5-13(17)8-16(9-13)11-4-3-10(7-15)12(14)6-11/h3-4,6,17H,2,5,8-9H2,1H3. The molecule has 1 fully saturated rings. The summed E-state index contributed by atoms with van der Waals surface area (Å²) in [5.41, 5.74) is 0.907. The number of aliphatic hydroxyl groups is 1. The Morgan fingerprint density at radius 1 is 1.53 bits per heavy atom. The molecule has 1 aromatic carbocycles. The van der Waals surface area contributed by atoms with E-state index < -0.39 is 5.60 Å². The molecule has 17 heavy (non-hydrogen) atoms. The summed E-state index contributed by atoms with van der Waals surface area (Å²) in [6, 6.07) is 7.41. The molecule has 90 valence electrons.